The largest absolute Gasteiger partial charge is 0.309 e. The van der Waals surface area contributed by atoms with Crippen LogP contribution >= 0.6 is 0 Å². The number of fused-ring (bicyclic) bond motifs is 14. The van der Waals surface area contributed by atoms with Gasteiger partial charge in [-0.1, -0.05) is 154 Å². The molecule has 3 heterocycles. The zero-order valence-electron chi connectivity index (χ0n) is 42.3. The van der Waals surface area contributed by atoms with Gasteiger partial charge in [0.1, 0.15) is 0 Å². The Bertz CT molecular complexity index is 3580. The van der Waals surface area contributed by atoms with E-state index in [1.807, 2.05) is 0 Å². The summed E-state index contributed by atoms with van der Waals surface area (Å²) < 4.78 is 5.23. The van der Waals surface area contributed by atoms with Crippen molar-refractivity contribution in [3.05, 3.63) is 168 Å². The molecule has 0 saturated heterocycles. The summed E-state index contributed by atoms with van der Waals surface area (Å²) in [5, 5.41) is 5.50. The Morgan fingerprint density at radius 1 is 0.536 bits per heavy atom. The summed E-state index contributed by atoms with van der Waals surface area (Å²) in [5.74, 6) is 5.25. The lowest BCUT2D eigenvalue weighted by Gasteiger charge is -2.71. The molecule has 2 heteroatoms. The molecule has 0 N–H and O–H groups in total. The summed E-state index contributed by atoms with van der Waals surface area (Å²) in [7, 11) is 0. The van der Waals surface area contributed by atoms with Gasteiger partial charge in [0.15, 0.2) is 0 Å². The Hall–Kier alpha value is -5.86. The van der Waals surface area contributed by atoms with Crippen molar-refractivity contribution in [2.24, 2.45) is 46.8 Å². The predicted molar refractivity (Wildman–Crippen MR) is 291 cm³/mol. The number of rotatable bonds is 5. The molecule has 4 fully saturated rings. The van der Waals surface area contributed by atoms with E-state index >= 15 is 0 Å². The van der Waals surface area contributed by atoms with Crippen molar-refractivity contribution in [1.82, 2.24) is 9.13 Å². The number of hydrogen-bond acceptors (Lipinski definition) is 0. The molecule has 2 nitrogen and oxygen atoms in total. The minimum Gasteiger partial charge on any atom is -0.309 e. The Morgan fingerprint density at radius 3 is 1.93 bits per heavy atom. The van der Waals surface area contributed by atoms with Crippen LogP contribution in [0.15, 0.2) is 146 Å². The number of benzene rings is 7. The number of para-hydroxylation sites is 1. The van der Waals surface area contributed by atoms with Crippen LogP contribution in [0, 0.1) is 46.8 Å². The van der Waals surface area contributed by atoms with Crippen molar-refractivity contribution >= 4 is 43.6 Å². The molecule has 0 amide bonds. The van der Waals surface area contributed by atoms with Gasteiger partial charge >= 0.3 is 0 Å². The molecule has 69 heavy (non-hydrogen) atoms. The average molecular weight is 901 g/mol. The van der Waals surface area contributed by atoms with E-state index in [2.05, 4.69) is 217 Å². The van der Waals surface area contributed by atoms with Crippen LogP contribution in [-0.2, 0) is 16.2 Å². The van der Waals surface area contributed by atoms with Crippen molar-refractivity contribution in [2.75, 3.05) is 0 Å². The first-order valence-electron chi connectivity index (χ1n) is 26.7. The van der Waals surface area contributed by atoms with Crippen LogP contribution in [-0.4, -0.2) is 9.13 Å². The summed E-state index contributed by atoms with van der Waals surface area (Å²) in [6, 6.07) is 57.0. The second-order valence-corrected chi connectivity index (χ2v) is 25.1. The topological polar surface area (TPSA) is 9.86 Å². The first kappa shape index (κ1) is 42.1. The van der Waals surface area contributed by atoms with Crippen LogP contribution < -0.4 is 0 Å². The molecule has 0 radical (unpaired) electrons. The van der Waals surface area contributed by atoms with Gasteiger partial charge in [0.25, 0.3) is 0 Å². The molecule has 1 aliphatic heterocycles. The maximum atomic E-state index is 2.79. The van der Waals surface area contributed by atoms with E-state index < -0.39 is 0 Å². The molecule has 346 valence electrons. The summed E-state index contributed by atoms with van der Waals surface area (Å²) in [4.78, 5) is 0. The van der Waals surface area contributed by atoms with Gasteiger partial charge in [0.05, 0.1) is 27.8 Å². The molecule has 2 aromatic heterocycles. The summed E-state index contributed by atoms with van der Waals surface area (Å²) in [5.41, 5.74) is 19.8. The van der Waals surface area contributed by atoms with Crippen LogP contribution in [0.4, 0.5) is 0 Å². The summed E-state index contributed by atoms with van der Waals surface area (Å²) >= 11 is 0. The zero-order chi connectivity index (χ0) is 47.1. The van der Waals surface area contributed by atoms with E-state index in [9.17, 15) is 0 Å². The number of aromatic nitrogens is 2. The molecule has 4 aliphatic carbocycles. The molecule has 7 aromatic carbocycles. The van der Waals surface area contributed by atoms with E-state index in [1.165, 1.54) is 120 Å². The fraction of sp³-hybridized carbons (Fsp3) is 0.373. The standard InChI is InChI=1S/C67H68N2/c1-10-40-30-53-54-37-47-38-66(54,39(2)3)62(53)56(31-40)67(47)55-33-44(23-28-61(55)69-60-29-24-45(64(4,5)6)34-51(60)52-35-46(65(7,8)9)36-57(67)63(52)69)43-22-27-59-50(32-43)49-18-14-15-19-58(49)68(59)48-25-20-42(21-26-48)41-16-12-11-13-17-41/h11-29,32-36,39-40,47,53-54,56,62H,10,30-31,37-38H2,1-9H3. The van der Waals surface area contributed by atoms with Crippen molar-refractivity contribution in [1.29, 1.82) is 0 Å². The van der Waals surface area contributed by atoms with Gasteiger partial charge in [-0.25, -0.2) is 0 Å². The minimum absolute atomic E-state index is 0.0117. The van der Waals surface area contributed by atoms with Gasteiger partial charge in [0, 0.05) is 32.6 Å². The fourth-order valence-corrected chi connectivity index (χ4v) is 16.8. The average Bonchev–Trinajstić information content (AvgIpc) is 3.96. The molecule has 2 bridgehead atoms. The fourth-order valence-electron chi connectivity index (χ4n) is 16.8. The Labute approximate surface area is 409 Å². The third-order valence-electron chi connectivity index (χ3n) is 19.9. The SMILES string of the molecule is CCC1CC2C3CC4CC3(C(C)C)C2C(C1)C41c2cc(-c3ccc4c(c3)c3ccccc3n4-c3ccc(-c4ccccc4)cc3)ccc2-n2c3ccc(C(C)(C)C)cc3c3cc(C(C)(C)C)cc1c32. The second-order valence-electron chi connectivity index (χ2n) is 25.1. The van der Waals surface area contributed by atoms with E-state index in [0.717, 1.165) is 29.6 Å². The number of hydrogen-bond donors (Lipinski definition) is 0. The number of nitrogens with zero attached hydrogens (tertiary/aromatic N) is 2. The zero-order valence-corrected chi connectivity index (χ0v) is 42.3. The minimum atomic E-state index is -0.0610. The molecule has 9 aromatic rings. The van der Waals surface area contributed by atoms with Gasteiger partial charge in [-0.05, 0) is 189 Å². The Balaban J connectivity index is 1.03. The predicted octanol–water partition coefficient (Wildman–Crippen LogP) is 17.8. The van der Waals surface area contributed by atoms with Crippen molar-refractivity contribution in [3.8, 4) is 33.6 Å². The first-order chi connectivity index (χ1) is 33.2. The molecular weight excluding hydrogens is 833 g/mol. The lowest BCUT2D eigenvalue weighted by atomic mass is 9.33. The molecule has 5 aliphatic rings. The van der Waals surface area contributed by atoms with E-state index in [1.54, 1.807) is 11.1 Å². The van der Waals surface area contributed by atoms with E-state index in [-0.39, 0.29) is 16.2 Å². The highest BCUT2D eigenvalue weighted by molar-refractivity contribution is 6.13. The highest BCUT2D eigenvalue weighted by Crippen LogP contribution is 2.83. The lowest BCUT2D eigenvalue weighted by Crippen LogP contribution is -2.67. The second kappa shape index (κ2) is 14.1. The molecule has 8 unspecified atom stereocenters. The van der Waals surface area contributed by atoms with Crippen molar-refractivity contribution in [2.45, 2.75) is 111 Å². The maximum absolute atomic E-state index is 2.79. The highest BCUT2D eigenvalue weighted by atomic mass is 15.0. The molecular formula is C67H68N2. The van der Waals surface area contributed by atoms with Gasteiger partial charge in [0.2, 0.25) is 0 Å². The smallest absolute Gasteiger partial charge is 0.0582 e. The molecule has 14 rings (SSSR count). The van der Waals surface area contributed by atoms with E-state index in [4.69, 9.17) is 0 Å². The van der Waals surface area contributed by atoms with Crippen molar-refractivity contribution < 1.29 is 0 Å². The van der Waals surface area contributed by atoms with Crippen LogP contribution in [0.3, 0.4) is 0 Å². The third kappa shape index (κ3) is 5.45. The van der Waals surface area contributed by atoms with Crippen LogP contribution in [0.2, 0.25) is 0 Å². The lowest BCUT2D eigenvalue weighted by molar-refractivity contribution is -0.212. The van der Waals surface area contributed by atoms with Gasteiger partial charge in [-0.2, -0.15) is 0 Å². The quantitative estimate of drug-likeness (QED) is 0.163. The summed E-state index contributed by atoms with van der Waals surface area (Å²) in [6.45, 7) is 22.2. The summed E-state index contributed by atoms with van der Waals surface area (Å²) in [6.07, 6.45) is 6.86. The highest BCUT2D eigenvalue weighted by Gasteiger charge is 2.78. The maximum Gasteiger partial charge on any atom is 0.0582 e. The Morgan fingerprint density at radius 2 is 1.17 bits per heavy atom. The molecule has 8 atom stereocenters. The van der Waals surface area contributed by atoms with Crippen LogP contribution in [0.5, 0.6) is 0 Å². The first-order valence-corrected chi connectivity index (χ1v) is 26.7. The third-order valence-corrected chi connectivity index (χ3v) is 19.9. The van der Waals surface area contributed by atoms with Crippen molar-refractivity contribution in [3.63, 3.8) is 0 Å². The van der Waals surface area contributed by atoms with Crippen LogP contribution in [0.25, 0.3) is 77.2 Å². The van der Waals surface area contributed by atoms with E-state index in [0.29, 0.717) is 17.3 Å². The monoisotopic (exact) mass is 901 g/mol. The van der Waals surface area contributed by atoms with Crippen LogP contribution in [0.1, 0.15) is 117 Å². The molecule has 4 saturated carbocycles. The van der Waals surface area contributed by atoms with Gasteiger partial charge in [-0.3, -0.25) is 0 Å². The van der Waals surface area contributed by atoms with Gasteiger partial charge in [-0.15, -0.1) is 0 Å². The van der Waals surface area contributed by atoms with Gasteiger partial charge < -0.3 is 9.13 Å². The normalized spacial score (nSPS) is 26.7. The molecule has 1 spiro atoms. The Kier molecular flexibility index (Phi) is 8.62.